The van der Waals surface area contributed by atoms with E-state index in [0.29, 0.717) is 17.4 Å². The van der Waals surface area contributed by atoms with E-state index in [1.807, 2.05) is 0 Å². The molecule has 2 unspecified atom stereocenters. The fourth-order valence-electron chi connectivity index (χ4n) is 3.01. The minimum absolute atomic E-state index is 0.219. The van der Waals surface area contributed by atoms with E-state index in [9.17, 15) is 0 Å². The van der Waals surface area contributed by atoms with Crippen LogP contribution in [-0.2, 0) is 4.74 Å². The molecule has 1 rings (SSSR count). The summed E-state index contributed by atoms with van der Waals surface area (Å²) in [5.41, 5.74) is 0.708. The summed E-state index contributed by atoms with van der Waals surface area (Å²) >= 11 is 0. The molecule has 0 aromatic carbocycles. The zero-order chi connectivity index (χ0) is 14.7. The first-order chi connectivity index (χ1) is 8.59. The summed E-state index contributed by atoms with van der Waals surface area (Å²) in [5.74, 6) is 1.48. The van der Waals surface area contributed by atoms with Crippen LogP contribution in [0.2, 0.25) is 0 Å². The van der Waals surface area contributed by atoms with Gasteiger partial charge in [0.1, 0.15) is 0 Å². The lowest BCUT2D eigenvalue weighted by atomic mass is 9.67. The van der Waals surface area contributed by atoms with Crippen LogP contribution in [0.3, 0.4) is 0 Å². The molecule has 0 radical (unpaired) electrons. The van der Waals surface area contributed by atoms with Crippen molar-refractivity contribution < 1.29 is 4.74 Å². The summed E-state index contributed by atoms with van der Waals surface area (Å²) in [6.07, 6.45) is 4.33. The predicted octanol–water partition coefficient (Wildman–Crippen LogP) is 4.24. The first-order valence-electron chi connectivity index (χ1n) is 7.96. The van der Waals surface area contributed by atoms with Gasteiger partial charge in [-0.15, -0.1) is 0 Å². The van der Waals surface area contributed by atoms with Crippen LogP contribution in [0.1, 0.15) is 67.7 Å². The van der Waals surface area contributed by atoms with Gasteiger partial charge in [-0.2, -0.15) is 0 Å². The second kappa shape index (κ2) is 6.58. The molecule has 1 aliphatic rings. The van der Waals surface area contributed by atoms with Crippen LogP contribution in [0, 0.1) is 17.3 Å². The van der Waals surface area contributed by atoms with Gasteiger partial charge in [0.25, 0.3) is 0 Å². The van der Waals surface area contributed by atoms with Crippen molar-refractivity contribution in [2.75, 3.05) is 13.2 Å². The Kier molecular flexibility index (Phi) is 5.88. The maximum absolute atomic E-state index is 5.91. The van der Waals surface area contributed by atoms with Gasteiger partial charge in [0.15, 0.2) is 0 Å². The van der Waals surface area contributed by atoms with Crippen LogP contribution in [-0.4, -0.2) is 24.8 Å². The zero-order valence-corrected chi connectivity index (χ0v) is 14.2. The van der Waals surface area contributed by atoms with E-state index in [4.69, 9.17) is 4.74 Å². The van der Waals surface area contributed by atoms with E-state index in [1.165, 1.54) is 19.3 Å². The molecule has 1 aliphatic carbocycles. The summed E-state index contributed by atoms with van der Waals surface area (Å²) in [7, 11) is 0. The van der Waals surface area contributed by atoms with Gasteiger partial charge in [0, 0.05) is 5.54 Å². The zero-order valence-electron chi connectivity index (χ0n) is 14.2. The van der Waals surface area contributed by atoms with E-state index >= 15 is 0 Å². The predicted molar refractivity (Wildman–Crippen MR) is 83.5 cm³/mol. The molecule has 1 N–H and O–H groups in total. The molecule has 114 valence electrons. The second-order valence-corrected chi connectivity index (χ2v) is 8.44. The van der Waals surface area contributed by atoms with Crippen molar-refractivity contribution in [2.24, 2.45) is 17.3 Å². The molecule has 2 atom stereocenters. The highest BCUT2D eigenvalue weighted by Crippen LogP contribution is 2.42. The summed E-state index contributed by atoms with van der Waals surface area (Å²) in [6.45, 7) is 17.9. The highest BCUT2D eigenvalue weighted by atomic mass is 16.5. The minimum Gasteiger partial charge on any atom is -0.378 e. The van der Waals surface area contributed by atoms with Crippen molar-refractivity contribution in [2.45, 2.75) is 79.4 Å². The van der Waals surface area contributed by atoms with Crippen molar-refractivity contribution in [3.8, 4) is 0 Å². The Morgan fingerprint density at radius 1 is 1.21 bits per heavy atom. The van der Waals surface area contributed by atoms with Gasteiger partial charge in [0.2, 0.25) is 0 Å². The molecule has 1 saturated carbocycles. The number of rotatable bonds is 5. The van der Waals surface area contributed by atoms with Gasteiger partial charge >= 0.3 is 0 Å². The summed E-state index contributed by atoms with van der Waals surface area (Å²) < 4.78 is 5.91. The molecular weight excluding hydrogens is 234 g/mol. The molecule has 0 aliphatic heterocycles. The Hall–Kier alpha value is -0.0800. The lowest BCUT2D eigenvalue weighted by Crippen LogP contribution is -2.44. The maximum Gasteiger partial charge on any atom is 0.0519 e. The Labute approximate surface area is 120 Å². The topological polar surface area (TPSA) is 21.3 Å². The van der Waals surface area contributed by atoms with E-state index in [-0.39, 0.29) is 5.54 Å². The third kappa shape index (κ3) is 6.76. The van der Waals surface area contributed by atoms with E-state index < -0.39 is 0 Å². The van der Waals surface area contributed by atoms with Crippen molar-refractivity contribution in [1.29, 1.82) is 0 Å². The average molecular weight is 269 g/mol. The fraction of sp³-hybridized carbons (Fsp3) is 1.00. The Balaban J connectivity index is 2.55. The molecule has 2 nitrogen and oxygen atoms in total. The van der Waals surface area contributed by atoms with Crippen molar-refractivity contribution >= 4 is 0 Å². The van der Waals surface area contributed by atoms with Crippen LogP contribution >= 0.6 is 0 Å². The van der Waals surface area contributed by atoms with Crippen LogP contribution in [0.5, 0.6) is 0 Å². The monoisotopic (exact) mass is 269 g/mol. The fourth-order valence-corrected chi connectivity index (χ4v) is 3.01. The number of ether oxygens (including phenoxy) is 1. The van der Waals surface area contributed by atoms with E-state index in [2.05, 4.69) is 53.8 Å². The number of nitrogens with one attached hydrogen (secondary N) is 1. The lowest BCUT2D eigenvalue weighted by molar-refractivity contribution is -0.00253. The molecule has 0 heterocycles. The van der Waals surface area contributed by atoms with Gasteiger partial charge in [-0.3, -0.25) is 0 Å². The molecule has 0 amide bonds. The lowest BCUT2D eigenvalue weighted by Gasteiger charge is -2.42. The smallest absolute Gasteiger partial charge is 0.0519 e. The largest absolute Gasteiger partial charge is 0.378 e. The van der Waals surface area contributed by atoms with E-state index in [0.717, 1.165) is 19.1 Å². The van der Waals surface area contributed by atoms with Crippen molar-refractivity contribution in [3.63, 3.8) is 0 Å². The molecule has 0 bridgehead atoms. The highest BCUT2D eigenvalue weighted by molar-refractivity contribution is 4.87. The SMILES string of the molecule is CC(C)OCC1CC(C)(C)CCC1CNC(C)(C)C. The molecule has 2 heteroatoms. The van der Waals surface area contributed by atoms with Crippen LogP contribution in [0.15, 0.2) is 0 Å². The third-order valence-electron chi connectivity index (χ3n) is 4.21. The van der Waals surface area contributed by atoms with Crippen LogP contribution < -0.4 is 5.32 Å². The first-order valence-corrected chi connectivity index (χ1v) is 7.96. The van der Waals surface area contributed by atoms with Crippen molar-refractivity contribution in [1.82, 2.24) is 5.32 Å². The molecule has 1 fully saturated rings. The minimum atomic E-state index is 0.219. The van der Waals surface area contributed by atoms with E-state index in [1.54, 1.807) is 0 Å². The van der Waals surface area contributed by atoms with Crippen LogP contribution in [0.25, 0.3) is 0 Å². The number of hydrogen-bond acceptors (Lipinski definition) is 2. The molecule has 0 saturated heterocycles. The molecule has 19 heavy (non-hydrogen) atoms. The molecular formula is C17H35NO. The molecule has 0 aromatic rings. The molecule has 0 spiro atoms. The first kappa shape index (κ1) is 17.0. The third-order valence-corrected chi connectivity index (χ3v) is 4.21. The van der Waals surface area contributed by atoms with Gasteiger partial charge in [-0.1, -0.05) is 13.8 Å². The van der Waals surface area contributed by atoms with Gasteiger partial charge in [-0.25, -0.2) is 0 Å². The summed E-state index contributed by atoms with van der Waals surface area (Å²) in [5, 5.41) is 3.68. The Bertz CT molecular complexity index is 265. The second-order valence-electron chi connectivity index (χ2n) is 8.44. The van der Waals surface area contributed by atoms with Gasteiger partial charge < -0.3 is 10.1 Å². The number of hydrogen-bond donors (Lipinski definition) is 1. The summed E-state index contributed by atoms with van der Waals surface area (Å²) in [6, 6.07) is 0. The average Bonchev–Trinajstić information content (AvgIpc) is 2.22. The quantitative estimate of drug-likeness (QED) is 0.806. The summed E-state index contributed by atoms with van der Waals surface area (Å²) in [4.78, 5) is 0. The molecule has 0 aromatic heterocycles. The Morgan fingerprint density at radius 2 is 1.84 bits per heavy atom. The standard InChI is InChI=1S/C17H35NO/c1-13(2)19-12-15-10-17(6,7)9-8-14(15)11-18-16(3,4)5/h13-15,18H,8-12H2,1-7H3. The van der Waals surface area contributed by atoms with Crippen LogP contribution in [0.4, 0.5) is 0 Å². The maximum atomic E-state index is 5.91. The highest BCUT2D eigenvalue weighted by Gasteiger charge is 2.35. The van der Waals surface area contributed by atoms with Crippen molar-refractivity contribution in [3.05, 3.63) is 0 Å². The normalized spacial score (nSPS) is 27.8. The van der Waals surface area contributed by atoms with Gasteiger partial charge in [-0.05, 0) is 77.7 Å². The Morgan fingerprint density at radius 3 is 2.37 bits per heavy atom. The van der Waals surface area contributed by atoms with Gasteiger partial charge in [0.05, 0.1) is 12.7 Å².